The van der Waals surface area contributed by atoms with Gasteiger partial charge in [0.2, 0.25) is 0 Å². The summed E-state index contributed by atoms with van der Waals surface area (Å²) in [4.78, 5) is 4.93. The van der Waals surface area contributed by atoms with Crippen LogP contribution in [0.2, 0.25) is 0 Å². The van der Waals surface area contributed by atoms with Crippen molar-refractivity contribution in [1.82, 2.24) is 0 Å². The average molecular weight is 590 g/mol. The summed E-state index contributed by atoms with van der Waals surface area (Å²) in [6, 6.07) is 0. The van der Waals surface area contributed by atoms with Gasteiger partial charge in [-0.25, -0.2) is 0 Å². The van der Waals surface area contributed by atoms with Gasteiger partial charge in [-0.1, -0.05) is 78.1 Å². The van der Waals surface area contributed by atoms with E-state index in [9.17, 15) is 0 Å². The molecule has 0 aromatic rings. The van der Waals surface area contributed by atoms with Gasteiger partial charge in [0.25, 0.3) is 0 Å². The van der Waals surface area contributed by atoms with Crippen molar-refractivity contribution in [3.05, 3.63) is 21.1 Å². The molecule has 0 atom stereocenters. The fraction of sp³-hybridized carbons (Fsp3) is 0.875. The summed E-state index contributed by atoms with van der Waals surface area (Å²) in [7, 11) is 0. The molecule has 0 aliphatic carbocycles. The van der Waals surface area contributed by atoms with E-state index in [1.165, 1.54) is 114 Å². The zero-order valence-electron chi connectivity index (χ0n) is 24.7. The van der Waals surface area contributed by atoms with Crippen molar-refractivity contribution in [2.75, 3.05) is 52.9 Å². The molecule has 4 nitrogen and oxygen atoms in total. The van der Waals surface area contributed by atoms with E-state index in [1.54, 1.807) is 0 Å². The van der Waals surface area contributed by atoms with E-state index in [2.05, 4.69) is 23.8 Å². The molecule has 0 amide bonds. The van der Waals surface area contributed by atoms with Crippen molar-refractivity contribution in [2.24, 2.45) is 0 Å². The van der Waals surface area contributed by atoms with Crippen molar-refractivity contribution in [2.45, 2.75) is 129 Å². The third-order valence-corrected chi connectivity index (χ3v) is 9.15. The van der Waals surface area contributed by atoms with Crippen molar-refractivity contribution in [1.29, 1.82) is 0 Å². The van der Waals surface area contributed by atoms with Crippen molar-refractivity contribution >= 4 is 15.0 Å². The fourth-order valence-electron chi connectivity index (χ4n) is 4.58. The summed E-state index contributed by atoms with van der Waals surface area (Å²) >= 11 is -0.0440. The molecule has 0 unspecified atom stereocenters. The van der Waals surface area contributed by atoms with Crippen molar-refractivity contribution in [3.63, 3.8) is 0 Å². The van der Waals surface area contributed by atoms with Crippen LogP contribution in [0.4, 0.5) is 0 Å². The molecule has 1 aliphatic rings. The summed E-state index contributed by atoms with van der Waals surface area (Å²) in [6.07, 6.45) is 23.6. The Morgan fingerprint density at radius 1 is 0.405 bits per heavy atom. The van der Waals surface area contributed by atoms with Gasteiger partial charge in [-0.3, -0.25) is 0 Å². The summed E-state index contributed by atoms with van der Waals surface area (Å²) in [6.45, 7) is 10.8. The Bertz CT molecular complexity index is 489. The molecule has 0 aromatic carbocycles. The maximum atomic E-state index is 5.83. The Labute approximate surface area is 236 Å². The van der Waals surface area contributed by atoms with Crippen molar-refractivity contribution in [3.8, 4) is 0 Å². The third kappa shape index (κ3) is 23.4. The Morgan fingerprint density at radius 2 is 0.730 bits per heavy atom. The Morgan fingerprint density at radius 3 is 1.11 bits per heavy atom. The second-order valence-corrected chi connectivity index (χ2v) is 12.3. The molecule has 0 saturated heterocycles. The predicted octanol–water partition coefficient (Wildman–Crippen LogP) is 8.06. The molecule has 0 fully saturated rings. The minimum absolute atomic E-state index is 0.0440. The third-order valence-electron chi connectivity index (χ3n) is 6.99. The number of ether oxygens (including phenoxy) is 4. The Kier molecular flexibility index (Phi) is 27.2. The second-order valence-electron chi connectivity index (χ2n) is 10.4. The van der Waals surface area contributed by atoms with Crippen molar-refractivity contribution < 1.29 is 18.9 Å². The van der Waals surface area contributed by atoms with Crippen LogP contribution >= 0.6 is 0 Å². The van der Waals surface area contributed by atoms with Gasteiger partial charge in [-0.05, 0) is 0 Å². The molecule has 1 rings (SSSR count). The van der Waals surface area contributed by atoms with Crippen LogP contribution in [0.25, 0.3) is 0 Å². The first-order valence-corrected chi connectivity index (χ1v) is 18.3. The Hall–Kier alpha value is -0.161. The molecular formula is C32H62O4Se. The van der Waals surface area contributed by atoms with E-state index in [-0.39, 0.29) is 15.0 Å². The van der Waals surface area contributed by atoms with Crippen LogP contribution in [0, 0.1) is 0 Å². The van der Waals surface area contributed by atoms with E-state index in [0.29, 0.717) is 13.2 Å². The zero-order valence-corrected chi connectivity index (χ0v) is 26.8. The number of rotatable bonds is 30. The minimum Gasteiger partial charge on any atom is -0.0654 e. The van der Waals surface area contributed by atoms with Gasteiger partial charge in [0.15, 0.2) is 0 Å². The van der Waals surface area contributed by atoms with Crippen LogP contribution in [-0.4, -0.2) is 67.8 Å². The second kappa shape index (κ2) is 28.8. The quantitative estimate of drug-likeness (QED) is 0.0627. The van der Waals surface area contributed by atoms with Gasteiger partial charge < -0.3 is 0 Å². The van der Waals surface area contributed by atoms with E-state index < -0.39 is 0 Å². The smallest absolute Gasteiger partial charge is 0.0654 e. The van der Waals surface area contributed by atoms with Crippen LogP contribution in [-0.2, 0) is 18.9 Å². The normalized spacial score (nSPS) is 13.6. The topological polar surface area (TPSA) is 36.9 Å². The van der Waals surface area contributed by atoms with E-state index >= 15 is 0 Å². The Balaban J connectivity index is 1.82. The average Bonchev–Trinajstić information content (AvgIpc) is 3.36. The summed E-state index contributed by atoms with van der Waals surface area (Å²) in [5.74, 6) is 0. The number of unbranched alkanes of at least 4 members (excludes halogenated alkanes) is 14. The molecule has 5 heteroatoms. The molecule has 0 bridgehead atoms. The fourth-order valence-corrected chi connectivity index (χ4v) is 6.98. The molecule has 0 radical (unpaired) electrons. The van der Waals surface area contributed by atoms with Gasteiger partial charge in [-0.15, -0.1) is 0 Å². The number of hydrogen-bond donors (Lipinski definition) is 0. The molecule has 0 spiro atoms. The van der Waals surface area contributed by atoms with Gasteiger partial charge in [-0.2, -0.15) is 0 Å². The van der Waals surface area contributed by atoms with Gasteiger partial charge >= 0.3 is 159 Å². The predicted molar refractivity (Wildman–Crippen MR) is 162 cm³/mol. The van der Waals surface area contributed by atoms with Crippen LogP contribution in [0.1, 0.15) is 129 Å². The monoisotopic (exact) mass is 590 g/mol. The van der Waals surface area contributed by atoms with E-state index in [0.717, 1.165) is 52.5 Å². The first-order valence-electron chi connectivity index (χ1n) is 15.8. The van der Waals surface area contributed by atoms with Crippen LogP contribution in [0.5, 0.6) is 0 Å². The first kappa shape index (κ1) is 34.9. The zero-order chi connectivity index (χ0) is 26.5. The van der Waals surface area contributed by atoms with Crippen LogP contribution < -0.4 is 0 Å². The van der Waals surface area contributed by atoms with Crippen LogP contribution in [0.3, 0.4) is 0 Å². The minimum atomic E-state index is -0.0440. The molecule has 220 valence electrons. The molecule has 0 N–H and O–H groups in total. The molecular weight excluding hydrogens is 527 g/mol. The number of hydrogen-bond acceptors (Lipinski definition) is 4. The maximum absolute atomic E-state index is 5.83. The van der Waals surface area contributed by atoms with E-state index in [1.807, 2.05) is 0 Å². The van der Waals surface area contributed by atoms with Crippen LogP contribution in [0.15, 0.2) is 21.1 Å². The summed E-state index contributed by atoms with van der Waals surface area (Å²) in [5, 5.41) is 0. The standard InChI is InChI=1S/C32H62O4Se/c1-3-5-7-9-11-13-15-17-21-33-25-27-35-23-19-31-29-37-30-32(31)20-24-36-28-26-34-22-18-16-14-12-10-8-6-4-2/h29-30H,3-28,37H2,1-2H3. The molecule has 37 heavy (non-hydrogen) atoms. The molecule has 1 heterocycles. The molecule has 1 aliphatic heterocycles. The molecule has 0 aromatic heterocycles. The summed E-state index contributed by atoms with van der Waals surface area (Å²) in [5.41, 5.74) is 2.99. The summed E-state index contributed by atoms with van der Waals surface area (Å²) < 4.78 is 23.1. The van der Waals surface area contributed by atoms with Gasteiger partial charge in [0.05, 0.1) is 0 Å². The van der Waals surface area contributed by atoms with E-state index in [4.69, 9.17) is 18.9 Å². The SMILES string of the molecule is CCCCCCCCCCOCCOCCC1=C[SeH2]C=C1CCOCCOCCCCCCCCCC. The molecule has 0 saturated carbocycles. The first-order chi connectivity index (χ1) is 18.4. The van der Waals surface area contributed by atoms with Gasteiger partial charge in [0.1, 0.15) is 0 Å². The van der Waals surface area contributed by atoms with Gasteiger partial charge in [0, 0.05) is 0 Å².